The Bertz CT molecular complexity index is 644. The normalized spacial score (nSPS) is 16.5. The average Bonchev–Trinajstić information content (AvgIpc) is 2.74. The van der Waals surface area contributed by atoms with Gasteiger partial charge in [0.1, 0.15) is 0 Å². The highest BCUT2D eigenvalue weighted by Crippen LogP contribution is 2.23. The lowest BCUT2D eigenvalue weighted by Crippen LogP contribution is -2.47. The fourth-order valence-electron chi connectivity index (χ4n) is 2.23. The summed E-state index contributed by atoms with van der Waals surface area (Å²) in [5.74, 6) is 0. The molecule has 0 bridgehead atoms. The zero-order valence-electron chi connectivity index (χ0n) is 10.5. The number of hydrogen-bond acceptors (Lipinski definition) is 4. The van der Waals surface area contributed by atoms with Crippen LogP contribution in [0.15, 0.2) is 34.1 Å². The number of halogens is 1. The minimum Gasteiger partial charge on any atom is -0.312 e. The lowest BCUT2D eigenvalue weighted by molar-refractivity contribution is 0.0881. The quantitative estimate of drug-likeness (QED) is 0.838. The van der Waals surface area contributed by atoms with E-state index >= 15 is 0 Å². The van der Waals surface area contributed by atoms with Gasteiger partial charge in [0.15, 0.2) is 0 Å². The van der Waals surface area contributed by atoms with Crippen LogP contribution in [-0.2, 0) is 13.6 Å². The van der Waals surface area contributed by atoms with Crippen LogP contribution < -0.4 is 5.56 Å². The molecule has 0 radical (unpaired) electrons. The Labute approximate surface area is 118 Å². The first-order valence-electron chi connectivity index (χ1n) is 6.05. The molecule has 1 aliphatic rings. The first-order valence-corrected chi connectivity index (χ1v) is 6.84. The molecule has 3 heterocycles. The lowest BCUT2D eigenvalue weighted by Gasteiger charge is -2.39. The Hall–Kier alpha value is -1.47. The van der Waals surface area contributed by atoms with Crippen LogP contribution in [0.5, 0.6) is 0 Å². The first-order chi connectivity index (χ1) is 9.13. The highest BCUT2D eigenvalue weighted by molar-refractivity contribution is 9.10. The van der Waals surface area contributed by atoms with Gasteiger partial charge in [0, 0.05) is 39.1 Å². The van der Waals surface area contributed by atoms with Crippen LogP contribution in [-0.4, -0.2) is 37.3 Å². The van der Waals surface area contributed by atoms with Crippen LogP contribution in [0.25, 0.3) is 0 Å². The summed E-state index contributed by atoms with van der Waals surface area (Å²) >= 11 is 3.40. The van der Waals surface area contributed by atoms with E-state index in [9.17, 15) is 4.79 Å². The minimum absolute atomic E-state index is 0.0643. The first kappa shape index (κ1) is 12.6. The van der Waals surface area contributed by atoms with Crippen LogP contribution in [0.4, 0.5) is 0 Å². The second-order valence-corrected chi connectivity index (χ2v) is 5.70. The van der Waals surface area contributed by atoms with Gasteiger partial charge in [0.05, 0.1) is 28.6 Å². The highest BCUT2D eigenvalue weighted by atomic mass is 79.9. The predicted molar refractivity (Wildman–Crippen MR) is 73.7 cm³/mol. The SMILES string of the molecule is Cn1c(CN2CC(n3cc(Br)cn3)C2)cncc1=O. The molecule has 3 rings (SSSR count). The molecule has 0 aromatic carbocycles. The molecule has 1 aliphatic heterocycles. The molecule has 0 aliphatic carbocycles. The standard InChI is InChI=1S/C12H14BrN5O/c1-16-10(3-14-4-12(16)19)6-17-7-11(8-17)18-5-9(13)2-15-18/h2-5,11H,6-8H2,1H3. The number of likely N-dealkylation sites (tertiary alicyclic amines) is 1. The van der Waals surface area contributed by atoms with Gasteiger partial charge in [0.2, 0.25) is 0 Å². The van der Waals surface area contributed by atoms with E-state index in [0.717, 1.165) is 29.8 Å². The number of aromatic nitrogens is 4. The van der Waals surface area contributed by atoms with Crippen LogP contribution >= 0.6 is 15.9 Å². The van der Waals surface area contributed by atoms with Gasteiger partial charge < -0.3 is 4.57 Å². The smallest absolute Gasteiger partial charge is 0.268 e. The maximum atomic E-state index is 11.5. The summed E-state index contributed by atoms with van der Waals surface area (Å²) in [5, 5.41) is 4.29. The third-order valence-corrected chi connectivity index (χ3v) is 3.85. The van der Waals surface area contributed by atoms with Gasteiger partial charge >= 0.3 is 0 Å². The van der Waals surface area contributed by atoms with E-state index in [1.54, 1.807) is 24.0 Å². The molecule has 100 valence electrons. The van der Waals surface area contributed by atoms with Crippen molar-refractivity contribution in [2.45, 2.75) is 12.6 Å². The van der Waals surface area contributed by atoms with Crippen LogP contribution in [0, 0.1) is 0 Å². The van der Waals surface area contributed by atoms with Crippen LogP contribution in [0.3, 0.4) is 0 Å². The molecule has 0 spiro atoms. The fourth-order valence-corrected chi connectivity index (χ4v) is 2.53. The molecule has 1 fully saturated rings. The van der Waals surface area contributed by atoms with Crippen LogP contribution in [0.2, 0.25) is 0 Å². The van der Waals surface area contributed by atoms with Gasteiger partial charge in [-0.3, -0.25) is 19.4 Å². The van der Waals surface area contributed by atoms with Crippen molar-refractivity contribution in [3.63, 3.8) is 0 Å². The summed E-state index contributed by atoms with van der Waals surface area (Å²) in [7, 11) is 1.78. The molecule has 0 saturated carbocycles. The molecule has 0 N–H and O–H groups in total. The van der Waals surface area contributed by atoms with E-state index in [4.69, 9.17) is 0 Å². The number of rotatable bonds is 3. The molecule has 2 aromatic heterocycles. The second kappa shape index (κ2) is 4.90. The van der Waals surface area contributed by atoms with E-state index in [-0.39, 0.29) is 5.56 Å². The van der Waals surface area contributed by atoms with Gasteiger partial charge in [0.25, 0.3) is 5.56 Å². The zero-order valence-corrected chi connectivity index (χ0v) is 12.1. The maximum Gasteiger partial charge on any atom is 0.268 e. The van der Waals surface area contributed by atoms with E-state index in [0.29, 0.717) is 6.04 Å². The van der Waals surface area contributed by atoms with E-state index in [1.807, 2.05) is 10.9 Å². The average molecular weight is 324 g/mol. The van der Waals surface area contributed by atoms with Crippen LogP contribution in [0.1, 0.15) is 11.7 Å². The van der Waals surface area contributed by atoms with Crippen molar-refractivity contribution in [2.75, 3.05) is 13.1 Å². The summed E-state index contributed by atoms with van der Waals surface area (Å²) in [6.45, 7) is 2.63. The van der Waals surface area contributed by atoms with E-state index in [1.165, 1.54) is 6.20 Å². The molecule has 2 aromatic rings. The molecule has 0 unspecified atom stereocenters. The predicted octanol–water partition coefficient (Wildman–Crippen LogP) is 0.796. The number of nitrogens with zero attached hydrogens (tertiary/aromatic N) is 5. The van der Waals surface area contributed by atoms with Crippen molar-refractivity contribution in [3.8, 4) is 0 Å². The van der Waals surface area contributed by atoms with Crippen molar-refractivity contribution in [3.05, 3.63) is 45.3 Å². The van der Waals surface area contributed by atoms with Gasteiger partial charge in [-0.25, -0.2) is 0 Å². The Balaban J connectivity index is 1.62. The van der Waals surface area contributed by atoms with Crippen molar-refractivity contribution in [1.82, 2.24) is 24.2 Å². The summed E-state index contributed by atoms with van der Waals surface area (Å²) in [6.07, 6.45) is 6.87. The second-order valence-electron chi connectivity index (χ2n) is 4.78. The third-order valence-electron chi connectivity index (χ3n) is 3.44. The monoisotopic (exact) mass is 323 g/mol. The summed E-state index contributed by atoms with van der Waals surface area (Å²) in [4.78, 5) is 17.7. The molecular formula is C12H14BrN5O. The molecule has 7 heteroatoms. The van der Waals surface area contributed by atoms with Gasteiger partial charge in [-0.15, -0.1) is 0 Å². The Morgan fingerprint density at radius 1 is 1.37 bits per heavy atom. The van der Waals surface area contributed by atoms with Gasteiger partial charge in [-0.1, -0.05) is 0 Å². The van der Waals surface area contributed by atoms with Crippen molar-refractivity contribution in [1.29, 1.82) is 0 Å². The zero-order chi connectivity index (χ0) is 13.4. The Morgan fingerprint density at radius 3 is 2.84 bits per heavy atom. The summed E-state index contributed by atoms with van der Waals surface area (Å²) in [5.41, 5.74) is 0.873. The van der Waals surface area contributed by atoms with Gasteiger partial charge in [-0.2, -0.15) is 5.10 Å². The Morgan fingerprint density at radius 2 is 2.16 bits per heavy atom. The maximum absolute atomic E-state index is 11.5. The van der Waals surface area contributed by atoms with E-state index < -0.39 is 0 Å². The van der Waals surface area contributed by atoms with Gasteiger partial charge in [-0.05, 0) is 15.9 Å². The fraction of sp³-hybridized carbons (Fsp3) is 0.417. The van der Waals surface area contributed by atoms with Crippen molar-refractivity contribution < 1.29 is 0 Å². The molecule has 0 amide bonds. The summed E-state index contributed by atoms with van der Waals surface area (Å²) in [6, 6.07) is 0.417. The van der Waals surface area contributed by atoms with E-state index in [2.05, 4.69) is 30.9 Å². The summed E-state index contributed by atoms with van der Waals surface area (Å²) < 4.78 is 4.62. The number of hydrogen-bond donors (Lipinski definition) is 0. The molecule has 19 heavy (non-hydrogen) atoms. The molecular weight excluding hydrogens is 310 g/mol. The molecule has 0 atom stereocenters. The molecule has 6 nitrogen and oxygen atoms in total. The largest absolute Gasteiger partial charge is 0.312 e. The van der Waals surface area contributed by atoms with Crippen molar-refractivity contribution >= 4 is 15.9 Å². The topological polar surface area (TPSA) is 56.0 Å². The van der Waals surface area contributed by atoms with Crippen molar-refractivity contribution in [2.24, 2.45) is 7.05 Å². The third kappa shape index (κ3) is 2.48. The molecule has 1 saturated heterocycles. The minimum atomic E-state index is -0.0643. The lowest BCUT2D eigenvalue weighted by atomic mass is 10.1. The highest BCUT2D eigenvalue weighted by Gasteiger charge is 2.29. The Kier molecular flexibility index (Phi) is 3.24.